The van der Waals surface area contributed by atoms with Gasteiger partial charge in [-0.25, -0.2) is 4.79 Å². The monoisotopic (exact) mass is 340 g/mol. The maximum atomic E-state index is 12.3. The molecule has 5 nitrogen and oxygen atoms in total. The zero-order valence-electron chi connectivity index (χ0n) is 13.7. The molecule has 1 saturated carbocycles. The Balaban J connectivity index is 2.14. The van der Waals surface area contributed by atoms with Crippen LogP contribution in [0.25, 0.3) is 0 Å². The van der Waals surface area contributed by atoms with Crippen molar-refractivity contribution in [2.75, 3.05) is 7.11 Å². The van der Waals surface area contributed by atoms with Gasteiger partial charge in [-0.2, -0.15) is 0 Å². The predicted octanol–water partition coefficient (Wildman–Crippen LogP) is 3.19. The van der Waals surface area contributed by atoms with E-state index in [0.29, 0.717) is 30.0 Å². The second-order valence-electron chi connectivity index (χ2n) is 7.20. The highest BCUT2D eigenvalue weighted by molar-refractivity contribution is 6.32. The maximum Gasteiger partial charge on any atom is 0.357 e. The minimum Gasteiger partial charge on any atom is -0.466 e. The maximum absolute atomic E-state index is 12.3. The molecule has 23 heavy (non-hydrogen) atoms. The largest absolute Gasteiger partial charge is 0.466 e. The van der Waals surface area contributed by atoms with Gasteiger partial charge in [0.15, 0.2) is 11.5 Å². The average molecular weight is 341 g/mol. The summed E-state index contributed by atoms with van der Waals surface area (Å²) < 4.78 is 16.6. The van der Waals surface area contributed by atoms with Gasteiger partial charge in [-0.05, 0) is 29.5 Å². The first-order valence-electron chi connectivity index (χ1n) is 7.66. The zero-order valence-corrected chi connectivity index (χ0v) is 14.5. The van der Waals surface area contributed by atoms with E-state index < -0.39 is 17.4 Å². The Kier molecular flexibility index (Phi) is 3.58. The lowest BCUT2D eigenvalue weighted by atomic mass is 9.86. The third-order valence-electron chi connectivity index (χ3n) is 4.62. The average Bonchev–Trinajstić information content (AvgIpc) is 2.80. The molecule has 1 heterocycles. The molecule has 1 aliphatic heterocycles. The molecular weight excluding hydrogens is 320 g/mol. The minimum absolute atomic E-state index is 0.142. The number of esters is 1. The first kappa shape index (κ1) is 16.4. The summed E-state index contributed by atoms with van der Waals surface area (Å²) in [7, 11) is 1.26. The summed E-state index contributed by atoms with van der Waals surface area (Å²) in [5.74, 6) is -1.77. The molecule has 2 aliphatic rings. The number of carbonyl (C=O) groups excluding carboxylic acids is 1. The standard InChI is InChI=1S/C17H21ClO5/c1-15(2,3)10-8-11(18)13-12(9-10)22-17(20)7-5-6-16(17,23-13)14(19)21-4/h8-9,20H,5-7H2,1-4H3/t16-,17-/m0/s1. The van der Waals surface area contributed by atoms with Gasteiger partial charge < -0.3 is 19.3 Å². The SMILES string of the molecule is COC(=O)[C@@]12CCC[C@]1(O)Oc1cc(C(C)(C)C)cc(Cl)c1O2. The number of carbonyl (C=O) groups is 1. The first-order valence-corrected chi connectivity index (χ1v) is 8.04. The molecule has 0 unspecified atom stereocenters. The van der Waals surface area contributed by atoms with Gasteiger partial charge in [0.25, 0.3) is 11.4 Å². The molecule has 1 aromatic carbocycles. The fraction of sp³-hybridized carbons (Fsp3) is 0.588. The molecule has 0 aromatic heterocycles. The molecule has 1 aromatic rings. The minimum atomic E-state index is -1.74. The molecule has 3 rings (SSSR count). The van der Waals surface area contributed by atoms with Gasteiger partial charge in [-0.1, -0.05) is 32.4 Å². The van der Waals surface area contributed by atoms with Gasteiger partial charge in [0.1, 0.15) is 0 Å². The fourth-order valence-electron chi connectivity index (χ4n) is 3.24. The lowest BCUT2D eigenvalue weighted by molar-refractivity contribution is -0.249. The summed E-state index contributed by atoms with van der Waals surface area (Å²) >= 11 is 6.36. The third kappa shape index (κ3) is 2.29. The number of fused-ring (bicyclic) bond motifs is 2. The predicted molar refractivity (Wildman–Crippen MR) is 85.0 cm³/mol. The van der Waals surface area contributed by atoms with E-state index in [4.69, 9.17) is 25.8 Å². The quantitative estimate of drug-likeness (QED) is 0.795. The van der Waals surface area contributed by atoms with Crippen LogP contribution in [-0.4, -0.2) is 29.6 Å². The summed E-state index contributed by atoms with van der Waals surface area (Å²) in [5.41, 5.74) is -0.754. The summed E-state index contributed by atoms with van der Waals surface area (Å²) in [4.78, 5) is 12.3. The van der Waals surface area contributed by atoms with E-state index in [1.54, 1.807) is 12.1 Å². The smallest absolute Gasteiger partial charge is 0.357 e. The van der Waals surface area contributed by atoms with Crippen LogP contribution in [0.5, 0.6) is 11.5 Å². The van der Waals surface area contributed by atoms with E-state index >= 15 is 0 Å². The van der Waals surface area contributed by atoms with Crippen LogP contribution in [0.1, 0.15) is 45.6 Å². The zero-order chi connectivity index (χ0) is 17.0. The Morgan fingerprint density at radius 1 is 1.30 bits per heavy atom. The Hall–Kier alpha value is -1.46. The van der Waals surface area contributed by atoms with Crippen molar-refractivity contribution < 1.29 is 24.1 Å². The van der Waals surface area contributed by atoms with Crippen LogP contribution >= 0.6 is 11.6 Å². The van der Waals surface area contributed by atoms with E-state index in [1.165, 1.54) is 7.11 Å². The van der Waals surface area contributed by atoms with Crippen molar-refractivity contribution in [2.45, 2.75) is 56.8 Å². The molecule has 0 amide bonds. The van der Waals surface area contributed by atoms with Crippen molar-refractivity contribution in [3.63, 3.8) is 0 Å². The Labute approximate surface area is 140 Å². The van der Waals surface area contributed by atoms with Gasteiger partial charge in [-0.3, -0.25) is 0 Å². The number of aliphatic hydroxyl groups is 1. The second-order valence-corrected chi connectivity index (χ2v) is 7.60. The number of ether oxygens (including phenoxy) is 3. The molecule has 1 aliphatic carbocycles. The Bertz CT molecular complexity index is 666. The van der Waals surface area contributed by atoms with Gasteiger partial charge in [0.2, 0.25) is 0 Å². The molecule has 0 radical (unpaired) electrons. The van der Waals surface area contributed by atoms with Gasteiger partial charge in [0, 0.05) is 12.8 Å². The summed E-state index contributed by atoms with van der Waals surface area (Å²) in [6.07, 6.45) is 1.19. The molecular formula is C17H21ClO5. The number of halogens is 1. The summed E-state index contributed by atoms with van der Waals surface area (Å²) in [6.45, 7) is 6.16. The van der Waals surface area contributed by atoms with E-state index in [2.05, 4.69) is 20.8 Å². The molecule has 2 atom stereocenters. The highest BCUT2D eigenvalue weighted by atomic mass is 35.5. The number of benzene rings is 1. The Morgan fingerprint density at radius 2 is 2.00 bits per heavy atom. The molecule has 126 valence electrons. The van der Waals surface area contributed by atoms with Crippen molar-refractivity contribution in [1.82, 2.24) is 0 Å². The van der Waals surface area contributed by atoms with Crippen molar-refractivity contribution in [3.8, 4) is 11.5 Å². The summed E-state index contributed by atoms with van der Waals surface area (Å²) in [6, 6.07) is 3.60. The van der Waals surface area contributed by atoms with Gasteiger partial charge in [0.05, 0.1) is 12.1 Å². The van der Waals surface area contributed by atoms with Crippen LogP contribution < -0.4 is 9.47 Å². The van der Waals surface area contributed by atoms with Crippen LogP contribution in [0, 0.1) is 0 Å². The van der Waals surface area contributed by atoms with Crippen molar-refractivity contribution in [3.05, 3.63) is 22.7 Å². The van der Waals surface area contributed by atoms with E-state index in [-0.39, 0.29) is 11.2 Å². The van der Waals surface area contributed by atoms with Crippen molar-refractivity contribution in [2.24, 2.45) is 0 Å². The topological polar surface area (TPSA) is 65.0 Å². The number of rotatable bonds is 1. The summed E-state index contributed by atoms with van der Waals surface area (Å²) in [5, 5.41) is 11.3. The molecule has 1 N–H and O–H groups in total. The van der Waals surface area contributed by atoms with Crippen molar-refractivity contribution >= 4 is 17.6 Å². The number of hydrogen-bond acceptors (Lipinski definition) is 5. The van der Waals surface area contributed by atoms with Crippen LogP contribution in [0.15, 0.2) is 12.1 Å². The van der Waals surface area contributed by atoms with Crippen LogP contribution in [0.3, 0.4) is 0 Å². The van der Waals surface area contributed by atoms with E-state index in [9.17, 15) is 9.90 Å². The van der Waals surface area contributed by atoms with Crippen LogP contribution in [0.4, 0.5) is 0 Å². The fourth-order valence-corrected chi connectivity index (χ4v) is 3.49. The van der Waals surface area contributed by atoms with Crippen molar-refractivity contribution in [1.29, 1.82) is 0 Å². The van der Waals surface area contributed by atoms with Gasteiger partial charge >= 0.3 is 5.97 Å². The van der Waals surface area contributed by atoms with Crippen LogP contribution in [-0.2, 0) is 14.9 Å². The molecule has 6 heteroatoms. The Morgan fingerprint density at radius 3 is 2.61 bits per heavy atom. The first-order chi connectivity index (χ1) is 10.6. The molecule has 1 fully saturated rings. The molecule has 0 bridgehead atoms. The van der Waals surface area contributed by atoms with E-state index in [0.717, 1.165) is 5.56 Å². The number of hydrogen-bond donors (Lipinski definition) is 1. The highest BCUT2D eigenvalue weighted by Gasteiger charge is 2.67. The molecule has 0 spiro atoms. The lowest BCUT2D eigenvalue weighted by Gasteiger charge is -2.44. The van der Waals surface area contributed by atoms with Crippen LogP contribution in [0.2, 0.25) is 5.02 Å². The second kappa shape index (κ2) is 5.02. The highest BCUT2D eigenvalue weighted by Crippen LogP contribution is 2.54. The third-order valence-corrected chi connectivity index (χ3v) is 4.90. The number of methoxy groups -OCH3 is 1. The normalized spacial score (nSPS) is 29.1. The van der Waals surface area contributed by atoms with E-state index in [1.807, 2.05) is 0 Å². The lowest BCUT2D eigenvalue weighted by Crippen LogP contribution is -2.64. The molecule has 0 saturated heterocycles. The van der Waals surface area contributed by atoms with Gasteiger partial charge in [-0.15, -0.1) is 0 Å².